The maximum atomic E-state index is 5.43. The highest BCUT2D eigenvalue weighted by molar-refractivity contribution is 4.63. The lowest BCUT2D eigenvalue weighted by Crippen LogP contribution is -2.17. The van der Waals surface area contributed by atoms with Gasteiger partial charge in [0.2, 0.25) is 0 Å². The fourth-order valence-corrected chi connectivity index (χ4v) is 1.70. The third kappa shape index (κ3) is 7.77. The van der Waals surface area contributed by atoms with Gasteiger partial charge in [0.25, 0.3) is 0 Å². The lowest BCUT2D eigenvalue weighted by atomic mass is 10.0. The van der Waals surface area contributed by atoms with Gasteiger partial charge in [-0.25, -0.2) is 0 Å². The van der Waals surface area contributed by atoms with Gasteiger partial charge in [0.1, 0.15) is 0 Å². The molecule has 2 unspecified atom stereocenters. The second-order valence-corrected chi connectivity index (χ2v) is 3.84. The van der Waals surface area contributed by atoms with Crippen LogP contribution < -0.4 is 0 Å². The van der Waals surface area contributed by atoms with Crippen LogP contribution in [0.2, 0.25) is 0 Å². The molecule has 3 heteroatoms. The van der Waals surface area contributed by atoms with Crippen LogP contribution in [0, 0.1) is 0 Å². The van der Waals surface area contributed by atoms with Crippen molar-refractivity contribution in [2.24, 2.45) is 0 Å². The molecule has 0 amide bonds. The maximum absolute atomic E-state index is 5.43. The quantitative estimate of drug-likeness (QED) is 0.528. The average molecular weight is 218 g/mol. The monoisotopic (exact) mass is 218 g/mol. The molecule has 0 aliphatic carbocycles. The summed E-state index contributed by atoms with van der Waals surface area (Å²) in [5.41, 5.74) is 0. The predicted octanol–water partition coefficient (Wildman–Crippen LogP) is 2.63. The first-order chi connectivity index (χ1) is 7.28. The van der Waals surface area contributed by atoms with Gasteiger partial charge in [-0.2, -0.15) is 0 Å². The summed E-state index contributed by atoms with van der Waals surface area (Å²) in [5.74, 6) is 0. The summed E-state index contributed by atoms with van der Waals surface area (Å²) in [6.45, 7) is 2.97. The maximum Gasteiger partial charge on any atom is 0.0573 e. The topological polar surface area (TPSA) is 27.7 Å². The standard InChI is InChI=1S/C12H26O3/c1-5-11(14-3)8-9-12(15-4)7-6-10-13-2/h11-12H,5-10H2,1-4H3. The van der Waals surface area contributed by atoms with Crippen LogP contribution in [0.15, 0.2) is 0 Å². The third-order valence-corrected chi connectivity index (χ3v) is 2.81. The number of hydrogen-bond donors (Lipinski definition) is 0. The molecule has 0 rings (SSSR count). The van der Waals surface area contributed by atoms with E-state index in [-0.39, 0.29) is 0 Å². The minimum atomic E-state index is 0.351. The molecule has 0 fully saturated rings. The van der Waals surface area contributed by atoms with Crippen LogP contribution in [0.25, 0.3) is 0 Å². The van der Waals surface area contributed by atoms with Crippen molar-refractivity contribution >= 4 is 0 Å². The molecule has 0 radical (unpaired) electrons. The van der Waals surface area contributed by atoms with Gasteiger partial charge in [0.05, 0.1) is 12.2 Å². The van der Waals surface area contributed by atoms with Gasteiger partial charge in [-0.1, -0.05) is 6.92 Å². The first-order valence-electron chi connectivity index (χ1n) is 5.82. The molecular weight excluding hydrogens is 192 g/mol. The number of rotatable bonds is 10. The van der Waals surface area contributed by atoms with E-state index in [1.165, 1.54) is 0 Å². The van der Waals surface area contributed by atoms with Crippen molar-refractivity contribution < 1.29 is 14.2 Å². The molecule has 0 N–H and O–H groups in total. The van der Waals surface area contributed by atoms with E-state index in [1.54, 1.807) is 21.3 Å². The Hall–Kier alpha value is -0.120. The fourth-order valence-electron chi connectivity index (χ4n) is 1.70. The Kier molecular flexibility index (Phi) is 10.3. The van der Waals surface area contributed by atoms with Crippen molar-refractivity contribution in [3.63, 3.8) is 0 Å². The number of methoxy groups -OCH3 is 3. The van der Waals surface area contributed by atoms with Gasteiger partial charge < -0.3 is 14.2 Å². The largest absolute Gasteiger partial charge is 0.385 e. The first-order valence-corrected chi connectivity index (χ1v) is 5.82. The van der Waals surface area contributed by atoms with Crippen LogP contribution in [0.4, 0.5) is 0 Å². The van der Waals surface area contributed by atoms with Crippen molar-refractivity contribution in [1.29, 1.82) is 0 Å². The van der Waals surface area contributed by atoms with Gasteiger partial charge in [-0.05, 0) is 32.1 Å². The smallest absolute Gasteiger partial charge is 0.0573 e. The molecule has 0 saturated carbocycles. The summed E-state index contributed by atoms with van der Waals surface area (Å²) < 4.78 is 15.8. The van der Waals surface area contributed by atoms with Crippen molar-refractivity contribution in [1.82, 2.24) is 0 Å². The SMILES string of the molecule is CCC(CCC(CCCOC)OC)OC. The van der Waals surface area contributed by atoms with Crippen molar-refractivity contribution in [3.8, 4) is 0 Å². The summed E-state index contributed by atoms with van der Waals surface area (Å²) in [6, 6.07) is 0. The Bertz CT molecular complexity index is 124. The summed E-state index contributed by atoms with van der Waals surface area (Å²) in [6.07, 6.45) is 6.11. The fraction of sp³-hybridized carbons (Fsp3) is 1.00. The molecule has 0 aromatic carbocycles. The Morgan fingerprint density at radius 3 is 1.93 bits per heavy atom. The lowest BCUT2D eigenvalue weighted by molar-refractivity contribution is 0.0442. The zero-order valence-electron chi connectivity index (χ0n) is 10.6. The van der Waals surface area contributed by atoms with Crippen molar-refractivity contribution in [2.75, 3.05) is 27.9 Å². The van der Waals surface area contributed by atoms with Crippen LogP contribution in [-0.4, -0.2) is 40.1 Å². The van der Waals surface area contributed by atoms with E-state index in [9.17, 15) is 0 Å². The van der Waals surface area contributed by atoms with Crippen LogP contribution in [0.5, 0.6) is 0 Å². The zero-order chi connectivity index (χ0) is 11.5. The van der Waals surface area contributed by atoms with E-state index >= 15 is 0 Å². The second kappa shape index (κ2) is 10.4. The van der Waals surface area contributed by atoms with Gasteiger partial charge in [-0.15, -0.1) is 0 Å². The molecule has 92 valence electrons. The molecule has 0 aliphatic rings. The lowest BCUT2D eigenvalue weighted by Gasteiger charge is -2.18. The van der Waals surface area contributed by atoms with Gasteiger partial charge in [0.15, 0.2) is 0 Å². The Labute approximate surface area is 94.1 Å². The minimum absolute atomic E-state index is 0.351. The highest BCUT2D eigenvalue weighted by atomic mass is 16.5. The molecule has 0 spiro atoms. The van der Waals surface area contributed by atoms with Gasteiger partial charge in [0, 0.05) is 27.9 Å². The zero-order valence-corrected chi connectivity index (χ0v) is 10.6. The molecule has 0 aliphatic heterocycles. The summed E-state index contributed by atoms with van der Waals surface area (Å²) in [7, 11) is 5.30. The highest BCUT2D eigenvalue weighted by Gasteiger charge is 2.11. The first kappa shape index (κ1) is 14.9. The molecule has 0 aromatic rings. The van der Waals surface area contributed by atoms with Crippen LogP contribution in [0.3, 0.4) is 0 Å². The van der Waals surface area contributed by atoms with Crippen molar-refractivity contribution in [2.45, 2.75) is 51.2 Å². The Morgan fingerprint density at radius 1 is 0.867 bits per heavy atom. The molecular formula is C12H26O3. The predicted molar refractivity (Wildman–Crippen MR) is 62.2 cm³/mol. The molecule has 2 atom stereocenters. The van der Waals surface area contributed by atoms with Crippen LogP contribution >= 0.6 is 0 Å². The number of ether oxygens (including phenoxy) is 3. The Balaban J connectivity index is 3.59. The van der Waals surface area contributed by atoms with E-state index < -0.39 is 0 Å². The normalized spacial score (nSPS) is 15.2. The van der Waals surface area contributed by atoms with E-state index in [0.29, 0.717) is 12.2 Å². The van der Waals surface area contributed by atoms with Crippen LogP contribution in [-0.2, 0) is 14.2 Å². The molecule has 3 nitrogen and oxygen atoms in total. The highest BCUT2D eigenvalue weighted by Crippen LogP contribution is 2.13. The van der Waals surface area contributed by atoms with Gasteiger partial charge in [-0.3, -0.25) is 0 Å². The molecule has 0 saturated heterocycles. The average Bonchev–Trinajstić information content (AvgIpc) is 2.28. The molecule has 0 heterocycles. The van der Waals surface area contributed by atoms with Crippen LogP contribution in [0.1, 0.15) is 39.0 Å². The molecule has 0 bridgehead atoms. The second-order valence-electron chi connectivity index (χ2n) is 3.84. The Morgan fingerprint density at radius 2 is 1.47 bits per heavy atom. The summed E-state index contributed by atoms with van der Waals surface area (Å²) in [5, 5.41) is 0. The van der Waals surface area contributed by atoms with Gasteiger partial charge >= 0.3 is 0 Å². The third-order valence-electron chi connectivity index (χ3n) is 2.81. The number of hydrogen-bond acceptors (Lipinski definition) is 3. The van der Waals surface area contributed by atoms with Crippen molar-refractivity contribution in [3.05, 3.63) is 0 Å². The van der Waals surface area contributed by atoms with E-state index in [0.717, 1.165) is 38.7 Å². The van der Waals surface area contributed by atoms with E-state index in [1.807, 2.05) is 0 Å². The van der Waals surface area contributed by atoms with E-state index in [2.05, 4.69) is 6.92 Å². The van der Waals surface area contributed by atoms with E-state index in [4.69, 9.17) is 14.2 Å². The molecule has 0 aromatic heterocycles. The minimum Gasteiger partial charge on any atom is -0.385 e. The summed E-state index contributed by atoms with van der Waals surface area (Å²) in [4.78, 5) is 0. The summed E-state index contributed by atoms with van der Waals surface area (Å²) >= 11 is 0. The molecule has 15 heavy (non-hydrogen) atoms.